The standard InChI is InChI=1S/C14H16N4O/c1-11-17-14(19-18-11)8-10-16-13(7-9-15)12-5-3-2-4-6-12/h2-6,13,16H,7-8,10H2,1H3. The molecule has 0 amide bonds. The van der Waals surface area contributed by atoms with E-state index in [-0.39, 0.29) is 6.04 Å². The lowest BCUT2D eigenvalue weighted by Crippen LogP contribution is -2.23. The topological polar surface area (TPSA) is 74.7 Å². The number of rotatable bonds is 6. The fourth-order valence-corrected chi connectivity index (χ4v) is 1.88. The van der Waals surface area contributed by atoms with Gasteiger partial charge in [0.1, 0.15) is 0 Å². The van der Waals surface area contributed by atoms with Gasteiger partial charge in [-0.05, 0) is 12.5 Å². The maximum absolute atomic E-state index is 8.89. The van der Waals surface area contributed by atoms with Gasteiger partial charge in [-0.25, -0.2) is 0 Å². The molecule has 2 rings (SSSR count). The Morgan fingerprint density at radius 2 is 2.16 bits per heavy atom. The molecular weight excluding hydrogens is 240 g/mol. The summed E-state index contributed by atoms with van der Waals surface area (Å²) in [6.07, 6.45) is 1.10. The van der Waals surface area contributed by atoms with Crippen LogP contribution in [-0.4, -0.2) is 16.7 Å². The van der Waals surface area contributed by atoms with Crippen molar-refractivity contribution < 1.29 is 4.52 Å². The number of nitriles is 1. The molecular formula is C14H16N4O. The van der Waals surface area contributed by atoms with Crippen LogP contribution in [0.4, 0.5) is 0 Å². The van der Waals surface area contributed by atoms with E-state index in [2.05, 4.69) is 21.5 Å². The minimum atomic E-state index is 0.0372. The van der Waals surface area contributed by atoms with Gasteiger partial charge in [0, 0.05) is 19.0 Å². The van der Waals surface area contributed by atoms with Gasteiger partial charge in [-0.3, -0.25) is 0 Å². The second-order valence-electron chi connectivity index (χ2n) is 4.26. The molecule has 1 aromatic carbocycles. The van der Waals surface area contributed by atoms with Crippen LogP contribution >= 0.6 is 0 Å². The van der Waals surface area contributed by atoms with Gasteiger partial charge in [0.2, 0.25) is 5.89 Å². The average molecular weight is 256 g/mol. The fraction of sp³-hybridized carbons (Fsp3) is 0.357. The normalized spacial score (nSPS) is 12.0. The van der Waals surface area contributed by atoms with Gasteiger partial charge in [-0.1, -0.05) is 35.5 Å². The lowest BCUT2D eigenvalue weighted by molar-refractivity contribution is 0.369. The molecule has 1 heterocycles. The third kappa shape index (κ3) is 3.90. The van der Waals surface area contributed by atoms with Crippen LogP contribution in [0.5, 0.6) is 0 Å². The first-order chi connectivity index (χ1) is 9.29. The van der Waals surface area contributed by atoms with Crippen LogP contribution in [0, 0.1) is 18.3 Å². The molecule has 0 fully saturated rings. The molecule has 2 aromatic rings. The molecule has 1 atom stereocenters. The van der Waals surface area contributed by atoms with Crippen LogP contribution in [0.2, 0.25) is 0 Å². The molecule has 0 spiro atoms. The van der Waals surface area contributed by atoms with Crippen molar-refractivity contribution in [2.45, 2.75) is 25.8 Å². The first-order valence-corrected chi connectivity index (χ1v) is 6.24. The minimum Gasteiger partial charge on any atom is -0.339 e. The van der Waals surface area contributed by atoms with E-state index < -0.39 is 0 Å². The zero-order chi connectivity index (χ0) is 13.5. The lowest BCUT2D eigenvalue weighted by Gasteiger charge is -2.15. The summed E-state index contributed by atoms with van der Waals surface area (Å²) in [4.78, 5) is 4.14. The van der Waals surface area contributed by atoms with Gasteiger partial charge >= 0.3 is 0 Å². The fourth-order valence-electron chi connectivity index (χ4n) is 1.88. The number of hydrogen-bond acceptors (Lipinski definition) is 5. The van der Waals surface area contributed by atoms with Gasteiger partial charge in [-0.15, -0.1) is 0 Å². The maximum atomic E-state index is 8.89. The monoisotopic (exact) mass is 256 g/mol. The second-order valence-corrected chi connectivity index (χ2v) is 4.26. The zero-order valence-corrected chi connectivity index (χ0v) is 10.8. The van der Waals surface area contributed by atoms with E-state index in [1.807, 2.05) is 30.3 Å². The molecule has 1 N–H and O–H groups in total. The number of benzene rings is 1. The van der Waals surface area contributed by atoms with E-state index in [4.69, 9.17) is 9.78 Å². The summed E-state index contributed by atoms with van der Waals surface area (Å²) >= 11 is 0. The lowest BCUT2D eigenvalue weighted by atomic mass is 10.0. The molecule has 0 radical (unpaired) electrons. The van der Waals surface area contributed by atoms with Gasteiger partial charge in [-0.2, -0.15) is 10.2 Å². The Balaban J connectivity index is 1.89. The number of aromatic nitrogens is 2. The molecule has 0 aliphatic rings. The highest BCUT2D eigenvalue weighted by molar-refractivity contribution is 5.19. The zero-order valence-electron chi connectivity index (χ0n) is 10.8. The number of hydrogen-bond donors (Lipinski definition) is 1. The van der Waals surface area contributed by atoms with Crippen LogP contribution < -0.4 is 5.32 Å². The van der Waals surface area contributed by atoms with Gasteiger partial charge < -0.3 is 9.84 Å². The number of nitrogens with one attached hydrogen (secondary N) is 1. The first kappa shape index (κ1) is 13.2. The van der Waals surface area contributed by atoms with E-state index in [9.17, 15) is 0 Å². The highest BCUT2D eigenvalue weighted by atomic mass is 16.5. The molecule has 0 saturated carbocycles. The molecule has 1 unspecified atom stereocenters. The number of nitrogens with zero attached hydrogens (tertiary/aromatic N) is 3. The molecule has 5 heteroatoms. The molecule has 5 nitrogen and oxygen atoms in total. The third-order valence-corrected chi connectivity index (χ3v) is 2.80. The van der Waals surface area contributed by atoms with Crippen LogP contribution in [0.15, 0.2) is 34.9 Å². The predicted molar refractivity (Wildman–Crippen MR) is 70.2 cm³/mol. The van der Waals surface area contributed by atoms with Gasteiger partial charge in [0.15, 0.2) is 5.82 Å². The molecule has 0 aliphatic carbocycles. The van der Waals surface area contributed by atoms with Crippen LogP contribution in [-0.2, 0) is 6.42 Å². The largest absolute Gasteiger partial charge is 0.339 e. The summed E-state index contributed by atoms with van der Waals surface area (Å²) in [7, 11) is 0. The molecule has 0 aliphatic heterocycles. The quantitative estimate of drug-likeness (QED) is 0.857. The third-order valence-electron chi connectivity index (χ3n) is 2.80. The van der Waals surface area contributed by atoms with Crippen molar-refractivity contribution in [2.24, 2.45) is 0 Å². The first-order valence-electron chi connectivity index (χ1n) is 6.24. The Morgan fingerprint density at radius 3 is 2.79 bits per heavy atom. The highest BCUT2D eigenvalue weighted by Crippen LogP contribution is 2.15. The average Bonchev–Trinajstić information content (AvgIpc) is 2.84. The summed E-state index contributed by atoms with van der Waals surface area (Å²) in [6, 6.07) is 12.2. The Bertz CT molecular complexity index is 544. The molecule has 0 bridgehead atoms. The van der Waals surface area contributed by atoms with Crippen LogP contribution in [0.1, 0.15) is 29.7 Å². The molecule has 98 valence electrons. The summed E-state index contributed by atoms with van der Waals surface area (Å²) in [5, 5.41) is 16.0. The smallest absolute Gasteiger partial charge is 0.227 e. The van der Waals surface area contributed by atoms with Crippen molar-refractivity contribution in [1.29, 1.82) is 5.26 Å². The SMILES string of the molecule is Cc1noc(CCNC(CC#N)c2ccccc2)n1. The second kappa shape index (κ2) is 6.66. The van der Waals surface area contributed by atoms with Crippen molar-refractivity contribution >= 4 is 0 Å². The summed E-state index contributed by atoms with van der Waals surface area (Å²) < 4.78 is 5.05. The molecule has 1 aromatic heterocycles. The number of aryl methyl sites for hydroxylation is 1. The molecule has 19 heavy (non-hydrogen) atoms. The molecule has 0 saturated heterocycles. The van der Waals surface area contributed by atoms with Crippen LogP contribution in [0.25, 0.3) is 0 Å². The van der Waals surface area contributed by atoms with Crippen molar-refractivity contribution in [2.75, 3.05) is 6.54 Å². The Kier molecular flexibility index (Phi) is 4.65. The Labute approximate surface area is 112 Å². The van der Waals surface area contributed by atoms with Gasteiger partial charge in [0.05, 0.1) is 12.5 Å². The van der Waals surface area contributed by atoms with Crippen molar-refractivity contribution in [3.8, 4) is 6.07 Å². The summed E-state index contributed by atoms with van der Waals surface area (Å²) in [6.45, 7) is 2.49. The minimum absolute atomic E-state index is 0.0372. The van der Waals surface area contributed by atoms with Crippen LogP contribution in [0.3, 0.4) is 0 Å². The predicted octanol–water partition coefficient (Wildman–Crippen LogP) is 2.17. The Morgan fingerprint density at radius 1 is 1.37 bits per heavy atom. The van der Waals surface area contributed by atoms with Gasteiger partial charge in [0.25, 0.3) is 0 Å². The highest BCUT2D eigenvalue weighted by Gasteiger charge is 2.10. The van der Waals surface area contributed by atoms with E-state index in [1.54, 1.807) is 6.92 Å². The van der Waals surface area contributed by atoms with E-state index in [1.165, 1.54) is 0 Å². The maximum Gasteiger partial charge on any atom is 0.227 e. The van der Waals surface area contributed by atoms with E-state index in [0.29, 0.717) is 31.1 Å². The van der Waals surface area contributed by atoms with Crippen molar-refractivity contribution in [1.82, 2.24) is 15.5 Å². The Hall–Kier alpha value is -2.19. The summed E-state index contributed by atoms with van der Waals surface area (Å²) in [5.74, 6) is 1.26. The summed E-state index contributed by atoms with van der Waals surface area (Å²) in [5.41, 5.74) is 1.12. The van der Waals surface area contributed by atoms with E-state index >= 15 is 0 Å². The van der Waals surface area contributed by atoms with E-state index in [0.717, 1.165) is 5.56 Å². The van der Waals surface area contributed by atoms with Crippen molar-refractivity contribution in [3.63, 3.8) is 0 Å². The van der Waals surface area contributed by atoms with Crippen molar-refractivity contribution in [3.05, 3.63) is 47.6 Å².